The van der Waals surface area contributed by atoms with Crippen LogP contribution in [0.3, 0.4) is 0 Å². The zero-order chi connectivity index (χ0) is 14.3. The van der Waals surface area contributed by atoms with Gasteiger partial charge in [-0.15, -0.1) is 0 Å². The molecule has 0 bridgehead atoms. The predicted molar refractivity (Wildman–Crippen MR) is 82.9 cm³/mol. The highest BCUT2D eigenvalue weighted by Gasteiger charge is 2.13. The zero-order valence-corrected chi connectivity index (χ0v) is 12.5. The quantitative estimate of drug-likeness (QED) is 0.726. The van der Waals surface area contributed by atoms with Gasteiger partial charge >= 0.3 is 0 Å². The van der Waals surface area contributed by atoms with Crippen LogP contribution in [0.15, 0.2) is 40.9 Å². The number of nitrogens with zero attached hydrogens (tertiary/aromatic N) is 3. The molecule has 0 radical (unpaired) electrons. The van der Waals surface area contributed by atoms with Crippen molar-refractivity contribution in [2.45, 2.75) is 0 Å². The van der Waals surface area contributed by atoms with Gasteiger partial charge in [0.2, 0.25) is 5.95 Å². The van der Waals surface area contributed by atoms with Crippen molar-refractivity contribution >= 4 is 44.5 Å². The molecule has 0 aliphatic rings. The SMILES string of the molecule is N#Cc1cccc2c1nc(N)n2-c1ccc(Cl)c(Br)c1. The van der Waals surface area contributed by atoms with Crippen LogP contribution in [0.5, 0.6) is 0 Å². The van der Waals surface area contributed by atoms with Crippen molar-refractivity contribution in [3.8, 4) is 11.8 Å². The van der Waals surface area contributed by atoms with Gasteiger partial charge in [-0.1, -0.05) is 17.7 Å². The Balaban J connectivity index is 2.34. The maximum Gasteiger partial charge on any atom is 0.205 e. The Morgan fingerprint density at radius 3 is 2.80 bits per heavy atom. The highest BCUT2D eigenvalue weighted by molar-refractivity contribution is 9.10. The number of rotatable bonds is 1. The number of nitrogens with two attached hydrogens (primary N) is 1. The number of benzene rings is 2. The van der Waals surface area contributed by atoms with E-state index in [1.165, 1.54) is 0 Å². The first kappa shape index (κ1) is 13.0. The molecule has 0 amide bonds. The normalized spacial score (nSPS) is 10.7. The van der Waals surface area contributed by atoms with Crippen molar-refractivity contribution in [2.24, 2.45) is 0 Å². The fraction of sp³-hybridized carbons (Fsp3) is 0. The number of hydrogen-bond donors (Lipinski definition) is 1. The molecule has 1 heterocycles. The Morgan fingerprint density at radius 2 is 2.10 bits per heavy atom. The van der Waals surface area contributed by atoms with Gasteiger partial charge in [0.1, 0.15) is 11.6 Å². The van der Waals surface area contributed by atoms with Crippen LogP contribution in [0.4, 0.5) is 5.95 Å². The summed E-state index contributed by atoms with van der Waals surface area (Å²) in [6.07, 6.45) is 0. The molecule has 0 spiro atoms. The fourth-order valence-electron chi connectivity index (χ4n) is 2.10. The number of fused-ring (bicyclic) bond motifs is 1. The molecule has 6 heteroatoms. The van der Waals surface area contributed by atoms with E-state index in [9.17, 15) is 0 Å². The maximum atomic E-state index is 9.12. The van der Waals surface area contributed by atoms with Gasteiger partial charge < -0.3 is 5.73 Å². The Bertz CT molecular complexity index is 863. The van der Waals surface area contributed by atoms with Gasteiger partial charge in [-0.05, 0) is 46.3 Å². The standard InChI is InChI=1S/C14H8BrClN4/c15-10-6-9(4-5-11(10)16)20-12-3-1-2-8(7-17)13(12)19-14(20)18/h1-6H,(H2,18,19). The molecule has 20 heavy (non-hydrogen) atoms. The van der Waals surface area contributed by atoms with E-state index in [0.29, 0.717) is 22.1 Å². The van der Waals surface area contributed by atoms with E-state index in [4.69, 9.17) is 22.6 Å². The summed E-state index contributed by atoms with van der Waals surface area (Å²) in [7, 11) is 0. The third kappa shape index (κ3) is 1.94. The average molecular weight is 348 g/mol. The Labute approximate surface area is 128 Å². The number of para-hydroxylation sites is 1. The van der Waals surface area contributed by atoms with Crippen molar-refractivity contribution < 1.29 is 0 Å². The Kier molecular flexibility index (Phi) is 3.13. The largest absolute Gasteiger partial charge is 0.369 e. The number of anilines is 1. The van der Waals surface area contributed by atoms with E-state index in [1.807, 2.05) is 24.3 Å². The summed E-state index contributed by atoms with van der Waals surface area (Å²) < 4.78 is 2.56. The molecule has 4 nitrogen and oxygen atoms in total. The lowest BCUT2D eigenvalue weighted by molar-refractivity contribution is 1.11. The predicted octanol–water partition coefficient (Wildman–Crippen LogP) is 3.90. The second-order valence-electron chi connectivity index (χ2n) is 4.19. The molecule has 2 N–H and O–H groups in total. The van der Waals surface area contributed by atoms with Gasteiger partial charge in [0.15, 0.2) is 0 Å². The minimum atomic E-state index is 0.330. The van der Waals surface area contributed by atoms with Crippen LogP contribution < -0.4 is 5.73 Å². The van der Waals surface area contributed by atoms with Gasteiger partial charge in [-0.2, -0.15) is 5.26 Å². The van der Waals surface area contributed by atoms with Crippen LogP contribution in [-0.2, 0) is 0 Å². The third-order valence-corrected chi connectivity index (χ3v) is 4.21. The fourth-order valence-corrected chi connectivity index (χ4v) is 2.59. The van der Waals surface area contributed by atoms with E-state index >= 15 is 0 Å². The first-order valence-electron chi connectivity index (χ1n) is 5.74. The van der Waals surface area contributed by atoms with E-state index in [2.05, 4.69) is 27.0 Å². The molecular formula is C14H8BrClN4. The first-order valence-corrected chi connectivity index (χ1v) is 6.91. The monoisotopic (exact) mass is 346 g/mol. The zero-order valence-electron chi connectivity index (χ0n) is 10.1. The van der Waals surface area contributed by atoms with Gasteiger partial charge in [-0.25, -0.2) is 4.98 Å². The van der Waals surface area contributed by atoms with Gasteiger partial charge in [0, 0.05) is 4.47 Å². The number of aromatic nitrogens is 2. The Hall–Kier alpha value is -2.03. The van der Waals surface area contributed by atoms with Crippen molar-refractivity contribution in [3.05, 3.63) is 51.5 Å². The topological polar surface area (TPSA) is 67.6 Å². The highest BCUT2D eigenvalue weighted by Crippen LogP contribution is 2.29. The van der Waals surface area contributed by atoms with Crippen molar-refractivity contribution in [1.82, 2.24) is 9.55 Å². The number of nitriles is 1. The number of imidazole rings is 1. The molecule has 0 unspecified atom stereocenters. The smallest absolute Gasteiger partial charge is 0.205 e. The second-order valence-corrected chi connectivity index (χ2v) is 5.45. The van der Waals surface area contributed by atoms with Gasteiger partial charge in [-0.3, -0.25) is 4.57 Å². The Morgan fingerprint density at radius 1 is 1.30 bits per heavy atom. The van der Waals surface area contributed by atoms with E-state index in [1.54, 1.807) is 16.7 Å². The van der Waals surface area contributed by atoms with Gasteiger partial charge in [0.25, 0.3) is 0 Å². The minimum absolute atomic E-state index is 0.330. The minimum Gasteiger partial charge on any atom is -0.369 e. The highest BCUT2D eigenvalue weighted by atomic mass is 79.9. The molecular weight excluding hydrogens is 340 g/mol. The van der Waals surface area contributed by atoms with Crippen LogP contribution in [0.2, 0.25) is 5.02 Å². The first-order chi connectivity index (χ1) is 9.61. The molecule has 2 aromatic carbocycles. The van der Waals surface area contributed by atoms with E-state index in [0.717, 1.165) is 15.7 Å². The van der Waals surface area contributed by atoms with Crippen LogP contribution >= 0.6 is 27.5 Å². The molecule has 3 rings (SSSR count). The lowest BCUT2D eigenvalue weighted by Gasteiger charge is -2.07. The summed E-state index contributed by atoms with van der Waals surface area (Å²) in [5.41, 5.74) is 8.71. The number of hydrogen-bond acceptors (Lipinski definition) is 3. The third-order valence-electron chi connectivity index (χ3n) is 2.99. The molecule has 0 saturated heterocycles. The summed E-state index contributed by atoms with van der Waals surface area (Å²) in [5, 5.41) is 9.74. The summed E-state index contributed by atoms with van der Waals surface area (Å²) in [4.78, 5) is 4.28. The lowest BCUT2D eigenvalue weighted by Crippen LogP contribution is -2.00. The second kappa shape index (κ2) is 4.82. The van der Waals surface area contributed by atoms with Crippen molar-refractivity contribution in [3.63, 3.8) is 0 Å². The summed E-state index contributed by atoms with van der Waals surface area (Å²) in [5.74, 6) is 0.330. The summed E-state index contributed by atoms with van der Waals surface area (Å²) >= 11 is 9.39. The molecule has 0 fully saturated rings. The van der Waals surface area contributed by atoms with Crippen LogP contribution in [0.1, 0.15) is 5.56 Å². The summed E-state index contributed by atoms with van der Waals surface area (Å²) in [6.45, 7) is 0. The van der Waals surface area contributed by atoms with E-state index in [-0.39, 0.29) is 0 Å². The van der Waals surface area contributed by atoms with Crippen LogP contribution in [0.25, 0.3) is 16.7 Å². The van der Waals surface area contributed by atoms with Crippen molar-refractivity contribution in [1.29, 1.82) is 5.26 Å². The molecule has 0 aliphatic carbocycles. The number of halogens is 2. The van der Waals surface area contributed by atoms with Crippen LogP contribution in [-0.4, -0.2) is 9.55 Å². The molecule has 1 aromatic heterocycles. The average Bonchev–Trinajstić information content (AvgIpc) is 2.78. The van der Waals surface area contributed by atoms with Crippen LogP contribution in [0, 0.1) is 11.3 Å². The molecule has 3 aromatic rings. The maximum absolute atomic E-state index is 9.12. The molecule has 98 valence electrons. The van der Waals surface area contributed by atoms with Crippen molar-refractivity contribution in [2.75, 3.05) is 5.73 Å². The number of nitrogen functional groups attached to an aromatic ring is 1. The van der Waals surface area contributed by atoms with Gasteiger partial charge in [0.05, 0.1) is 21.8 Å². The molecule has 0 saturated carbocycles. The van der Waals surface area contributed by atoms with E-state index < -0.39 is 0 Å². The lowest BCUT2D eigenvalue weighted by atomic mass is 10.2. The summed E-state index contributed by atoms with van der Waals surface area (Å²) in [6, 6.07) is 13.0. The molecule has 0 aliphatic heterocycles. The molecule has 0 atom stereocenters.